The Hall–Kier alpha value is -3.30. The summed E-state index contributed by atoms with van der Waals surface area (Å²) in [6.07, 6.45) is 0.662. The second-order valence-electron chi connectivity index (χ2n) is 6.75. The van der Waals surface area contributed by atoms with Gasteiger partial charge in [-0.1, -0.05) is 17.8 Å². The van der Waals surface area contributed by atoms with E-state index >= 15 is 0 Å². The number of carbonyl (C=O) groups excluding carboxylic acids is 1. The van der Waals surface area contributed by atoms with Crippen molar-refractivity contribution in [2.24, 2.45) is 0 Å². The third-order valence-corrected chi connectivity index (χ3v) is 6.45. The van der Waals surface area contributed by atoms with Crippen LogP contribution in [0.1, 0.15) is 10.7 Å². The third kappa shape index (κ3) is 5.30. The predicted octanol–water partition coefficient (Wildman–Crippen LogP) is 4.67. The number of ether oxygens (including phenoxy) is 2. The Balaban J connectivity index is 1.51. The largest absolute Gasteiger partial charge is 0.497 e. The smallest absolute Gasteiger partial charge is 0.234 e. The standard InChI is InChI=1S/C23H22N4O3S2/c1-29-18-9-5-16(6-10-18)24-22(28)15-32-23-26-25-21(14-20-4-3-13-31-20)27(23)17-7-11-19(30-2)12-8-17/h3-13H,14-15H2,1-2H3,(H,24,28). The summed E-state index contributed by atoms with van der Waals surface area (Å²) in [5.74, 6) is 2.41. The summed E-state index contributed by atoms with van der Waals surface area (Å²) in [7, 11) is 3.24. The van der Waals surface area contributed by atoms with Crippen molar-refractivity contribution >= 4 is 34.7 Å². The number of thioether (sulfide) groups is 1. The number of rotatable bonds is 9. The number of amides is 1. The van der Waals surface area contributed by atoms with Crippen LogP contribution in [0.5, 0.6) is 11.5 Å². The molecule has 0 bridgehead atoms. The summed E-state index contributed by atoms with van der Waals surface area (Å²) in [6, 6.07) is 19.0. The van der Waals surface area contributed by atoms with Gasteiger partial charge < -0.3 is 14.8 Å². The van der Waals surface area contributed by atoms with Crippen molar-refractivity contribution in [2.45, 2.75) is 11.6 Å². The molecule has 2 aromatic heterocycles. The number of nitrogens with one attached hydrogen (secondary N) is 1. The first kappa shape index (κ1) is 21.9. The number of aromatic nitrogens is 3. The molecule has 2 aromatic carbocycles. The van der Waals surface area contributed by atoms with Crippen LogP contribution in [0.2, 0.25) is 0 Å². The van der Waals surface area contributed by atoms with E-state index in [0.717, 1.165) is 23.0 Å². The zero-order valence-corrected chi connectivity index (χ0v) is 19.3. The van der Waals surface area contributed by atoms with Gasteiger partial charge in [-0.15, -0.1) is 21.5 Å². The van der Waals surface area contributed by atoms with Crippen LogP contribution in [0.25, 0.3) is 5.69 Å². The van der Waals surface area contributed by atoms with Gasteiger partial charge in [0.2, 0.25) is 5.91 Å². The summed E-state index contributed by atoms with van der Waals surface area (Å²) in [4.78, 5) is 13.7. The Morgan fingerprint density at radius 1 is 1.00 bits per heavy atom. The molecular formula is C23H22N4O3S2. The highest BCUT2D eigenvalue weighted by atomic mass is 32.2. The molecule has 0 aliphatic rings. The number of benzene rings is 2. The van der Waals surface area contributed by atoms with Gasteiger partial charge >= 0.3 is 0 Å². The van der Waals surface area contributed by atoms with Crippen LogP contribution in [-0.4, -0.2) is 40.6 Å². The molecule has 1 N–H and O–H groups in total. The van der Waals surface area contributed by atoms with Crippen LogP contribution in [0, 0.1) is 0 Å². The van der Waals surface area contributed by atoms with Gasteiger partial charge in [0.15, 0.2) is 5.16 Å². The van der Waals surface area contributed by atoms with Gasteiger partial charge in [-0.2, -0.15) is 0 Å². The lowest BCUT2D eigenvalue weighted by atomic mass is 10.2. The van der Waals surface area contributed by atoms with Crippen LogP contribution >= 0.6 is 23.1 Å². The van der Waals surface area contributed by atoms with Crippen LogP contribution in [0.3, 0.4) is 0 Å². The molecule has 0 aliphatic heterocycles. The molecule has 0 unspecified atom stereocenters. The monoisotopic (exact) mass is 466 g/mol. The number of nitrogens with zero attached hydrogens (tertiary/aromatic N) is 3. The maximum Gasteiger partial charge on any atom is 0.234 e. The molecule has 0 fully saturated rings. The number of carbonyl (C=O) groups is 1. The van der Waals surface area contributed by atoms with Gasteiger partial charge in [0.25, 0.3) is 0 Å². The first-order valence-electron chi connectivity index (χ1n) is 9.84. The number of methoxy groups -OCH3 is 2. The fourth-order valence-corrected chi connectivity index (χ4v) is 4.54. The maximum absolute atomic E-state index is 12.5. The van der Waals surface area contributed by atoms with Gasteiger partial charge in [-0.05, 0) is 60.0 Å². The van der Waals surface area contributed by atoms with Crippen LogP contribution in [0.15, 0.2) is 71.2 Å². The topological polar surface area (TPSA) is 78.3 Å². The van der Waals surface area contributed by atoms with Crippen molar-refractivity contribution < 1.29 is 14.3 Å². The molecule has 1 amide bonds. The van der Waals surface area contributed by atoms with E-state index < -0.39 is 0 Å². The van der Waals surface area contributed by atoms with E-state index in [9.17, 15) is 4.79 Å². The van der Waals surface area contributed by atoms with Gasteiger partial charge in [0.1, 0.15) is 17.3 Å². The minimum Gasteiger partial charge on any atom is -0.497 e. The fraction of sp³-hybridized carbons (Fsp3) is 0.174. The number of hydrogen-bond donors (Lipinski definition) is 1. The van der Waals surface area contributed by atoms with Crippen molar-refractivity contribution in [3.63, 3.8) is 0 Å². The lowest BCUT2D eigenvalue weighted by Gasteiger charge is -2.11. The summed E-state index contributed by atoms with van der Waals surface area (Å²) in [5.41, 5.74) is 1.63. The normalized spacial score (nSPS) is 10.7. The van der Waals surface area contributed by atoms with Crippen LogP contribution < -0.4 is 14.8 Å². The van der Waals surface area contributed by atoms with Crippen molar-refractivity contribution in [1.29, 1.82) is 0 Å². The summed E-state index contributed by atoms with van der Waals surface area (Å²) >= 11 is 3.02. The Morgan fingerprint density at radius 2 is 1.69 bits per heavy atom. The fourth-order valence-electron chi connectivity index (χ4n) is 3.07. The van der Waals surface area contributed by atoms with E-state index in [2.05, 4.69) is 21.6 Å². The summed E-state index contributed by atoms with van der Waals surface area (Å²) in [6.45, 7) is 0. The third-order valence-electron chi connectivity index (χ3n) is 4.65. The van der Waals surface area contributed by atoms with Crippen molar-refractivity contribution in [3.8, 4) is 17.2 Å². The molecule has 0 aliphatic carbocycles. The zero-order valence-electron chi connectivity index (χ0n) is 17.6. The molecule has 4 aromatic rings. The first-order valence-corrected chi connectivity index (χ1v) is 11.7. The minimum absolute atomic E-state index is 0.121. The molecule has 0 saturated carbocycles. The van der Waals surface area contributed by atoms with Gasteiger partial charge in [-0.3, -0.25) is 9.36 Å². The zero-order chi connectivity index (χ0) is 22.3. The molecule has 0 radical (unpaired) electrons. The van der Waals surface area contributed by atoms with Gasteiger partial charge in [0.05, 0.1) is 20.0 Å². The molecular weight excluding hydrogens is 444 g/mol. The Kier molecular flexibility index (Phi) is 7.08. The molecule has 0 saturated heterocycles. The maximum atomic E-state index is 12.5. The van der Waals surface area contributed by atoms with E-state index in [1.54, 1.807) is 49.8 Å². The average molecular weight is 467 g/mol. The second kappa shape index (κ2) is 10.3. The number of hydrogen-bond acceptors (Lipinski definition) is 7. The highest BCUT2D eigenvalue weighted by molar-refractivity contribution is 7.99. The second-order valence-corrected chi connectivity index (χ2v) is 8.73. The molecule has 7 nitrogen and oxygen atoms in total. The lowest BCUT2D eigenvalue weighted by molar-refractivity contribution is -0.113. The minimum atomic E-state index is -0.121. The first-order chi connectivity index (χ1) is 15.7. The Morgan fingerprint density at radius 3 is 2.31 bits per heavy atom. The van der Waals surface area contributed by atoms with E-state index in [4.69, 9.17) is 9.47 Å². The highest BCUT2D eigenvalue weighted by Gasteiger charge is 2.17. The van der Waals surface area contributed by atoms with E-state index in [1.807, 2.05) is 40.3 Å². The molecule has 4 rings (SSSR count). The highest BCUT2D eigenvalue weighted by Crippen LogP contribution is 2.26. The van der Waals surface area contributed by atoms with E-state index in [-0.39, 0.29) is 11.7 Å². The van der Waals surface area contributed by atoms with Crippen molar-refractivity contribution in [2.75, 3.05) is 25.3 Å². The Bertz CT molecular complexity index is 1160. The van der Waals surface area contributed by atoms with Crippen LogP contribution in [0.4, 0.5) is 5.69 Å². The Labute approximate surface area is 194 Å². The SMILES string of the molecule is COc1ccc(NC(=O)CSc2nnc(Cc3cccs3)n2-c2ccc(OC)cc2)cc1. The van der Waals surface area contributed by atoms with Crippen molar-refractivity contribution in [3.05, 3.63) is 76.7 Å². The summed E-state index contributed by atoms with van der Waals surface area (Å²) < 4.78 is 12.4. The van der Waals surface area contributed by atoms with Crippen LogP contribution in [-0.2, 0) is 11.2 Å². The summed E-state index contributed by atoms with van der Waals surface area (Å²) in [5, 5.41) is 14.4. The van der Waals surface area contributed by atoms with E-state index in [0.29, 0.717) is 17.3 Å². The number of anilines is 1. The predicted molar refractivity (Wildman–Crippen MR) is 127 cm³/mol. The molecule has 0 atom stereocenters. The lowest BCUT2D eigenvalue weighted by Crippen LogP contribution is -2.14. The average Bonchev–Trinajstić information content (AvgIpc) is 3.48. The van der Waals surface area contributed by atoms with Gasteiger partial charge in [0, 0.05) is 22.7 Å². The van der Waals surface area contributed by atoms with Crippen molar-refractivity contribution in [1.82, 2.24) is 14.8 Å². The molecule has 32 heavy (non-hydrogen) atoms. The number of thiophene rings is 1. The molecule has 164 valence electrons. The van der Waals surface area contributed by atoms with Gasteiger partial charge in [-0.25, -0.2) is 0 Å². The molecule has 9 heteroatoms. The quantitative estimate of drug-likeness (QED) is 0.361. The molecule has 0 spiro atoms. The molecule has 2 heterocycles. The van der Waals surface area contributed by atoms with E-state index in [1.165, 1.54) is 16.6 Å².